The molecule has 0 aliphatic carbocycles. The van der Waals surface area contributed by atoms with Gasteiger partial charge in [0, 0.05) is 17.8 Å². The van der Waals surface area contributed by atoms with E-state index in [-0.39, 0.29) is 12.3 Å². The number of ether oxygens (including phenoxy) is 1. The molecule has 7 heteroatoms. The number of nitrogens with zero attached hydrogens (tertiary/aromatic N) is 4. The lowest BCUT2D eigenvalue weighted by Crippen LogP contribution is -2.05. The zero-order chi connectivity index (χ0) is 22.3. The molecule has 1 N–H and O–H groups in total. The van der Waals surface area contributed by atoms with Gasteiger partial charge < -0.3 is 9.84 Å². The quantitative estimate of drug-likeness (QED) is 0.428. The maximum Gasteiger partial charge on any atom is 0.304 e. The molecule has 0 radical (unpaired) electrons. The molecule has 0 spiro atoms. The first-order valence-electron chi connectivity index (χ1n) is 10.2. The van der Waals surface area contributed by atoms with Crippen molar-refractivity contribution in [2.24, 2.45) is 0 Å². The number of hydrogen-bond acceptors (Lipinski definition) is 5. The van der Waals surface area contributed by atoms with Gasteiger partial charge in [-0.1, -0.05) is 30.2 Å². The van der Waals surface area contributed by atoms with Gasteiger partial charge in [-0.15, -0.1) is 5.92 Å². The van der Waals surface area contributed by atoms with Crippen molar-refractivity contribution >= 4 is 16.9 Å². The number of benzene rings is 2. The number of aromatic nitrogens is 4. The molecule has 2 heterocycles. The monoisotopic (exact) mass is 426 g/mol. The number of aliphatic carboxylic acids is 1. The van der Waals surface area contributed by atoms with Gasteiger partial charge >= 0.3 is 5.97 Å². The average Bonchev–Trinajstić information content (AvgIpc) is 3.20. The molecule has 0 saturated carbocycles. The highest BCUT2D eigenvalue weighted by atomic mass is 16.5. The fraction of sp³-hybridized carbons (Fsp3) is 0.200. The molecule has 2 aromatic heterocycles. The van der Waals surface area contributed by atoms with Gasteiger partial charge in [0.15, 0.2) is 0 Å². The van der Waals surface area contributed by atoms with Crippen molar-refractivity contribution in [3.63, 3.8) is 0 Å². The van der Waals surface area contributed by atoms with Crippen molar-refractivity contribution in [3.05, 3.63) is 84.1 Å². The molecular weight excluding hydrogens is 404 g/mol. The van der Waals surface area contributed by atoms with Crippen molar-refractivity contribution < 1.29 is 14.6 Å². The van der Waals surface area contributed by atoms with Gasteiger partial charge in [-0.2, -0.15) is 5.10 Å². The summed E-state index contributed by atoms with van der Waals surface area (Å²) in [6, 6.07) is 15.3. The van der Waals surface area contributed by atoms with E-state index in [1.54, 1.807) is 25.4 Å². The van der Waals surface area contributed by atoms with E-state index in [2.05, 4.69) is 33.0 Å². The predicted molar refractivity (Wildman–Crippen MR) is 120 cm³/mol. The zero-order valence-electron chi connectivity index (χ0n) is 17.6. The van der Waals surface area contributed by atoms with Crippen LogP contribution in [0.25, 0.3) is 10.9 Å². The molecule has 4 aromatic rings. The molecule has 0 aliphatic rings. The molecule has 0 unspecified atom stereocenters. The van der Waals surface area contributed by atoms with Crippen LogP contribution in [0.1, 0.15) is 36.2 Å². The Bertz CT molecular complexity index is 1270. The van der Waals surface area contributed by atoms with Crippen LogP contribution >= 0.6 is 0 Å². The summed E-state index contributed by atoms with van der Waals surface area (Å²) in [5.74, 6) is 5.97. The Balaban J connectivity index is 1.45. The van der Waals surface area contributed by atoms with Crippen LogP contribution in [-0.2, 0) is 17.9 Å². The van der Waals surface area contributed by atoms with Crippen LogP contribution in [-0.4, -0.2) is 30.8 Å². The Kier molecular flexibility index (Phi) is 6.42. The molecule has 4 rings (SSSR count). The largest absolute Gasteiger partial charge is 0.489 e. The van der Waals surface area contributed by atoms with E-state index in [0.29, 0.717) is 24.7 Å². The topological polar surface area (TPSA) is 90.1 Å². The summed E-state index contributed by atoms with van der Waals surface area (Å²) >= 11 is 0. The third-order valence-electron chi connectivity index (χ3n) is 5.00. The zero-order valence-corrected chi connectivity index (χ0v) is 17.6. The number of fused-ring (bicyclic) bond motifs is 1. The second-order valence-corrected chi connectivity index (χ2v) is 7.26. The molecule has 2 aromatic carbocycles. The number of hydrogen-bond donors (Lipinski definition) is 1. The maximum atomic E-state index is 11.1. The van der Waals surface area contributed by atoms with E-state index in [4.69, 9.17) is 9.84 Å². The normalized spacial score (nSPS) is 11.5. The van der Waals surface area contributed by atoms with Gasteiger partial charge in [-0.25, -0.2) is 9.97 Å². The molecule has 0 amide bonds. The first kappa shape index (κ1) is 21.1. The van der Waals surface area contributed by atoms with Crippen LogP contribution < -0.4 is 4.74 Å². The number of carboxylic acids is 1. The lowest BCUT2D eigenvalue weighted by molar-refractivity contribution is -0.137. The van der Waals surface area contributed by atoms with E-state index in [0.717, 1.165) is 22.0 Å². The predicted octanol–water partition coefficient (Wildman–Crippen LogP) is 4.04. The summed E-state index contributed by atoms with van der Waals surface area (Å²) < 4.78 is 7.82. The van der Waals surface area contributed by atoms with Crippen LogP contribution in [0.2, 0.25) is 0 Å². The van der Waals surface area contributed by atoms with Gasteiger partial charge in [-0.05, 0) is 42.3 Å². The molecule has 0 saturated heterocycles. The second kappa shape index (κ2) is 9.75. The molecule has 32 heavy (non-hydrogen) atoms. The third-order valence-corrected chi connectivity index (χ3v) is 5.00. The molecule has 0 bridgehead atoms. The number of carboxylic acid groups (broad SMARTS) is 1. The Labute approximate surface area is 185 Å². The smallest absolute Gasteiger partial charge is 0.304 e. The number of carbonyl (C=O) groups is 1. The standard InChI is InChI=1S/C25H22N4O3/c1-2-4-20(14-25(30)31)19-7-9-22(10-8-19)32-17-18-5-6-21-15-28-29(23(21)13-18)16-24-26-11-3-12-27-24/h3,5-13,15,20H,14,16-17H2,1H3,(H,30,31)/t20-/m0/s1. The SMILES string of the molecule is CC#C[C@@H](CC(=O)O)c1ccc(OCc2ccc3cnn(Cc4ncccn4)c3c2)cc1. The first-order valence-corrected chi connectivity index (χ1v) is 10.2. The lowest BCUT2D eigenvalue weighted by atomic mass is 9.96. The van der Waals surface area contributed by atoms with E-state index < -0.39 is 5.97 Å². The Morgan fingerprint density at radius 3 is 2.66 bits per heavy atom. The third kappa shape index (κ3) is 5.10. The van der Waals surface area contributed by atoms with Crippen molar-refractivity contribution in [1.82, 2.24) is 19.7 Å². The summed E-state index contributed by atoms with van der Waals surface area (Å²) in [5.41, 5.74) is 2.86. The van der Waals surface area contributed by atoms with E-state index >= 15 is 0 Å². The second-order valence-electron chi connectivity index (χ2n) is 7.26. The highest BCUT2D eigenvalue weighted by Crippen LogP contribution is 2.23. The van der Waals surface area contributed by atoms with Crippen LogP contribution in [0, 0.1) is 11.8 Å². The van der Waals surface area contributed by atoms with E-state index in [1.165, 1.54) is 0 Å². The van der Waals surface area contributed by atoms with E-state index in [1.807, 2.05) is 47.3 Å². The van der Waals surface area contributed by atoms with Gasteiger partial charge in [0.2, 0.25) is 0 Å². The van der Waals surface area contributed by atoms with Crippen molar-refractivity contribution in [2.45, 2.75) is 32.4 Å². The van der Waals surface area contributed by atoms with Gasteiger partial charge in [0.05, 0.1) is 24.1 Å². The molecule has 160 valence electrons. The fourth-order valence-corrected chi connectivity index (χ4v) is 3.44. The summed E-state index contributed by atoms with van der Waals surface area (Å²) in [6.45, 7) is 2.60. The number of rotatable bonds is 8. The molecule has 7 nitrogen and oxygen atoms in total. The molecule has 0 fully saturated rings. The van der Waals surface area contributed by atoms with Crippen LogP contribution in [0.15, 0.2) is 67.1 Å². The Morgan fingerprint density at radius 1 is 1.16 bits per heavy atom. The molecule has 0 aliphatic heterocycles. The molecule has 1 atom stereocenters. The average molecular weight is 426 g/mol. The highest BCUT2D eigenvalue weighted by molar-refractivity contribution is 5.79. The van der Waals surface area contributed by atoms with Crippen LogP contribution in [0.5, 0.6) is 5.75 Å². The first-order chi connectivity index (χ1) is 15.6. The van der Waals surface area contributed by atoms with Crippen LogP contribution in [0.3, 0.4) is 0 Å². The Hall–Kier alpha value is -4.18. The van der Waals surface area contributed by atoms with Crippen molar-refractivity contribution in [1.29, 1.82) is 0 Å². The minimum atomic E-state index is -0.869. The minimum absolute atomic E-state index is 0.0250. The summed E-state index contributed by atoms with van der Waals surface area (Å²) in [5, 5.41) is 14.6. The van der Waals surface area contributed by atoms with Crippen molar-refractivity contribution in [3.8, 4) is 17.6 Å². The van der Waals surface area contributed by atoms with Crippen molar-refractivity contribution in [2.75, 3.05) is 0 Å². The highest BCUT2D eigenvalue weighted by Gasteiger charge is 2.13. The van der Waals surface area contributed by atoms with E-state index in [9.17, 15) is 4.79 Å². The maximum absolute atomic E-state index is 11.1. The minimum Gasteiger partial charge on any atom is -0.489 e. The van der Waals surface area contributed by atoms with Gasteiger partial charge in [0.1, 0.15) is 24.7 Å². The van der Waals surface area contributed by atoms with Gasteiger partial charge in [-0.3, -0.25) is 9.48 Å². The van der Waals surface area contributed by atoms with Crippen LogP contribution in [0.4, 0.5) is 0 Å². The lowest BCUT2D eigenvalue weighted by Gasteiger charge is -2.11. The summed E-state index contributed by atoms with van der Waals surface area (Å²) in [7, 11) is 0. The Morgan fingerprint density at radius 2 is 1.94 bits per heavy atom. The summed E-state index contributed by atoms with van der Waals surface area (Å²) in [6.07, 6.45) is 5.24. The van der Waals surface area contributed by atoms with Gasteiger partial charge in [0.25, 0.3) is 0 Å². The summed E-state index contributed by atoms with van der Waals surface area (Å²) in [4.78, 5) is 19.6. The fourth-order valence-electron chi connectivity index (χ4n) is 3.44. The molecular formula is C25H22N4O3.